The Labute approximate surface area is 216 Å². The SMILES string of the molecule is Cc1cccc(CC2(O)CCN(C(=O)c3ccc(CS(=O)(=O)c4cccc5cccnc45)cc3)CC2)n1. The smallest absolute Gasteiger partial charge is 0.253 e. The number of carbonyl (C=O) groups excluding carboxylic acids is 1. The van der Waals surface area contributed by atoms with Crippen molar-refractivity contribution < 1.29 is 18.3 Å². The van der Waals surface area contributed by atoms with Gasteiger partial charge in [-0.25, -0.2) is 8.42 Å². The van der Waals surface area contributed by atoms with Gasteiger partial charge in [0.05, 0.1) is 21.8 Å². The second-order valence-electron chi connectivity index (χ2n) is 9.75. The van der Waals surface area contributed by atoms with E-state index in [-0.39, 0.29) is 16.6 Å². The van der Waals surface area contributed by atoms with E-state index in [0.717, 1.165) is 16.8 Å². The number of aliphatic hydroxyl groups is 1. The molecule has 0 radical (unpaired) electrons. The summed E-state index contributed by atoms with van der Waals surface area (Å²) in [4.78, 5) is 23.8. The summed E-state index contributed by atoms with van der Waals surface area (Å²) in [6, 6.07) is 21.2. The van der Waals surface area contributed by atoms with Crippen LogP contribution in [0, 0.1) is 6.92 Å². The Kier molecular flexibility index (Phi) is 6.79. The van der Waals surface area contributed by atoms with E-state index in [1.165, 1.54) is 0 Å². The number of sulfone groups is 1. The van der Waals surface area contributed by atoms with E-state index in [1.807, 2.05) is 37.3 Å². The molecule has 1 aliphatic rings. The van der Waals surface area contributed by atoms with Gasteiger partial charge < -0.3 is 10.0 Å². The van der Waals surface area contributed by atoms with Crippen molar-refractivity contribution in [2.24, 2.45) is 0 Å². The quantitative estimate of drug-likeness (QED) is 0.415. The van der Waals surface area contributed by atoms with Crippen LogP contribution in [0.15, 0.2) is 83.9 Å². The van der Waals surface area contributed by atoms with E-state index in [9.17, 15) is 18.3 Å². The number of fused-ring (bicyclic) bond motifs is 1. The van der Waals surface area contributed by atoms with E-state index in [0.29, 0.717) is 49.0 Å². The summed E-state index contributed by atoms with van der Waals surface area (Å²) in [6.07, 6.45) is 3.00. The first-order chi connectivity index (χ1) is 17.7. The van der Waals surface area contributed by atoms with Gasteiger partial charge in [0.1, 0.15) is 0 Å². The predicted octanol–water partition coefficient (Wildman–Crippen LogP) is 4.12. The minimum absolute atomic E-state index is 0.122. The molecular weight excluding hydrogens is 486 g/mol. The highest BCUT2D eigenvalue weighted by atomic mass is 32.2. The standard InChI is InChI=1S/C29H29N3O4S/c1-21-5-2-8-25(31-21)19-29(34)14-17-32(18-15-29)28(33)24-12-10-22(11-13-24)20-37(35,36)26-9-3-6-23-7-4-16-30-27(23)26/h2-13,16,34H,14-15,17-20H2,1H3. The molecule has 0 atom stereocenters. The first-order valence-electron chi connectivity index (χ1n) is 12.3. The minimum Gasteiger partial charge on any atom is -0.389 e. The first kappa shape index (κ1) is 25.0. The third kappa shape index (κ3) is 5.55. The highest BCUT2D eigenvalue weighted by Crippen LogP contribution is 2.28. The van der Waals surface area contributed by atoms with Gasteiger partial charge in [-0.1, -0.05) is 36.4 Å². The second kappa shape index (κ2) is 10.0. The van der Waals surface area contributed by atoms with Crippen molar-refractivity contribution in [2.45, 2.75) is 42.4 Å². The maximum absolute atomic E-state index is 13.1. The number of likely N-dealkylation sites (tertiary alicyclic amines) is 1. The van der Waals surface area contributed by atoms with Crippen LogP contribution in [0.2, 0.25) is 0 Å². The molecule has 0 unspecified atom stereocenters. The molecule has 8 heteroatoms. The predicted molar refractivity (Wildman–Crippen MR) is 142 cm³/mol. The van der Waals surface area contributed by atoms with Crippen molar-refractivity contribution in [1.29, 1.82) is 0 Å². The van der Waals surface area contributed by atoms with Crippen LogP contribution in [0.3, 0.4) is 0 Å². The van der Waals surface area contributed by atoms with Crippen LogP contribution in [0.1, 0.15) is 40.2 Å². The minimum atomic E-state index is -3.63. The van der Waals surface area contributed by atoms with Crippen LogP contribution in [-0.4, -0.2) is 53.0 Å². The van der Waals surface area contributed by atoms with Crippen molar-refractivity contribution in [2.75, 3.05) is 13.1 Å². The summed E-state index contributed by atoms with van der Waals surface area (Å²) < 4.78 is 26.3. The van der Waals surface area contributed by atoms with Crippen molar-refractivity contribution in [3.63, 3.8) is 0 Å². The second-order valence-corrected chi connectivity index (χ2v) is 11.7. The largest absolute Gasteiger partial charge is 0.389 e. The molecule has 1 aliphatic heterocycles. The number of aromatic nitrogens is 2. The summed E-state index contributed by atoms with van der Waals surface area (Å²) in [5, 5.41) is 11.8. The number of aryl methyl sites for hydroxylation is 1. The lowest BCUT2D eigenvalue weighted by Crippen LogP contribution is -2.47. The molecule has 0 bridgehead atoms. The molecule has 37 heavy (non-hydrogen) atoms. The van der Waals surface area contributed by atoms with Gasteiger partial charge >= 0.3 is 0 Å². The van der Waals surface area contributed by atoms with Gasteiger partial charge in [0, 0.05) is 48.0 Å². The maximum Gasteiger partial charge on any atom is 0.253 e. The van der Waals surface area contributed by atoms with E-state index in [1.54, 1.807) is 53.6 Å². The number of hydrogen-bond donors (Lipinski definition) is 1. The van der Waals surface area contributed by atoms with Crippen molar-refractivity contribution in [3.8, 4) is 0 Å². The highest BCUT2D eigenvalue weighted by Gasteiger charge is 2.34. The zero-order valence-corrected chi connectivity index (χ0v) is 21.5. The topological polar surface area (TPSA) is 100 Å². The molecule has 2 aromatic carbocycles. The number of benzene rings is 2. The number of carbonyl (C=O) groups is 1. The molecule has 7 nitrogen and oxygen atoms in total. The number of rotatable bonds is 6. The van der Waals surface area contributed by atoms with E-state index in [2.05, 4.69) is 9.97 Å². The fourth-order valence-electron chi connectivity index (χ4n) is 4.89. The summed E-state index contributed by atoms with van der Waals surface area (Å²) >= 11 is 0. The van der Waals surface area contributed by atoms with E-state index in [4.69, 9.17) is 0 Å². The zero-order valence-electron chi connectivity index (χ0n) is 20.7. The molecule has 1 fully saturated rings. The number of para-hydroxylation sites is 1. The van der Waals surface area contributed by atoms with Gasteiger partial charge in [0.25, 0.3) is 5.91 Å². The molecule has 5 rings (SSSR count). The third-order valence-electron chi connectivity index (χ3n) is 6.93. The Balaban J connectivity index is 1.23. The summed E-state index contributed by atoms with van der Waals surface area (Å²) in [5.74, 6) is -0.302. The summed E-state index contributed by atoms with van der Waals surface area (Å²) in [6.45, 7) is 2.83. The molecule has 0 spiro atoms. The van der Waals surface area contributed by atoms with Crippen LogP contribution < -0.4 is 0 Å². The van der Waals surface area contributed by atoms with Gasteiger partial charge in [-0.2, -0.15) is 0 Å². The number of piperidine rings is 1. The van der Waals surface area contributed by atoms with Crippen LogP contribution in [0.5, 0.6) is 0 Å². The number of hydrogen-bond acceptors (Lipinski definition) is 6. The monoisotopic (exact) mass is 515 g/mol. The average Bonchev–Trinajstić information content (AvgIpc) is 2.88. The van der Waals surface area contributed by atoms with E-state index < -0.39 is 15.4 Å². The molecule has 3 heterocycles. The van der Waals surface area contributed by atoms with Gasteiger partial charge in [-0.15, -0.1) is 0 Å². The van der Waals surface area contributed by atoms with Gasteiger partial charge in [0.15, 0.2) is 9.84 Å². The lowest BCUT2D eigenvalue weighted by molar-refractivity contribution is -0.0169. The summed E-state index contributed by atoms with van der Waals surface area (Å²) in [7, 11) is -3.63. The molecule has 190 valence electrons. The fourth-order valence-corrected chi connectivity index (χ4v) is 6.43. The Hall–Kier alpha value is -3.62. The first-order valence-corrected chi connectivity index (χ1v) is 14.0. The number of pyridine rings is 2. The van der Waals surface area contributed by atoms with Gasteiger partial charge in [0.2, 0.25) is 0 Å². The fraction of sp³-hybridized carbons (Fsp3) is 0.276. The lowest BCUT2D eigenvalue weighted by atomic mass is 9.86. The Bertz CT molecular complexity index is 1540. The van der Waals surface area contributed by atoms with Crippen LogP contribution in [0.4, 0.5) is 0 Å². The lowest BCUT2D eigenvalue weighted by Gasteiger charge is -2.38. The Morgan fingerprint density at radius 3 is 2.41 bits per heavy atom. The van der Waals surface area contributed by atoms with Crippen LogP contribution in [-0.2, 0) is 22.0 Å². The molecule has 4 aromatic rings. The molecule has 0 aliphatic carbocycles. The molecule has 2 aromatic heterocycles. The van der Waals surface area contributed by atoms with Crippen LogP contribution >= 0.6 is 0 Å². The molecule has 1 N–H and O–H groups in total. The van der Waals surface area contributed by atoms with E-state index >= 15 is 0 Å². The third-order valence-corrected chi connectivity index (χ3v) is 8.64. The Morgan fingerprint density at radius 2 is 1.68 bits per heavy atom. The average molecular weight is 516 g/mol. The normalized spacial score (nSPS) is 15.6. The molecule has 0 saturated carbocycles. The number of amides is 1. The molecular formula is C29H29N3O4S. The van der Waals surface area contributed by atoms with Crippen molar-refractivity contribution in [3.05, 3.63) is 102 Å². The molecule has 1 amide bonds. The van der Waals surface area contributed by atoms with Crippen molar-refractivity contribution >= 4 is 26.6 Å². The van der Waals surface area contributed by atoms with Crippen molar-refractivity contribution in [1.82, 2.24) is 14.9 Å². The highest BCUT2D eigenvalue weighted by molar-refractivity contribution is 7.90. The Morgan fingerprint density at radius 1 is 0.973 bits per heavy atom. The molecule has 1 saturated heterocycles. The zero-order chi connectivity index (χ0) is 26.0. The summed E-state index contributed by atoms with van der Waals surface area (Å²) in [5.41, 5.74) is 2.44. The van der Waals surface area contributed by atoms with Crippen LogP contribution in [0.25, 0.3) is 10.9 Å². The van der Waals surface area contributed by atoms with Gasteiger partial charge in [-0.3, -0.25) is 14.8 Å². The van der Waals surface area contributed by atoms with Gasteiger partial charge in [-0.05, 0) is 61.7 Å². The maximum atomic E-state index is 13.1. The number of nitrogens with zero attached hydrogens (tertiary/aromatic N) is 3.